The molecule has 2 atom stereocenters. The Balaban J connectivity index is 6.35. The highest BCUT2D eigenvalue weighted by Crippen LogP contribution is 2.51. The van der Waals surface area contributed by atoms with Crippen molar-refractivity contribution in [2.24, 2.45) is 10.8 Å². The van der Waals surface area contributed by atoms with Crippen LogP contribution in [0.15, 0.2) is 24.3 Å². The highest BCUT2D eigenvalue weighted by molar-refractivity contribution is 5.93. The van der Waals surface area contributed by atoms with Crippen molar-refractivity contribution in [2.75, 3.05) is 13.2 Å². The maximum atomic E-state index is 12.4. The molecule has 184 valence electrons. The first-order chi connectivity index (χ1) is 15.1. The number of hydrogen-bond acceptors (Lipinski definition) is 8. The molecule has 0 aliphatic rings. The molecule has 0 heterocycles. The van der Waals surface area contributed by atoms with E-state index in [0.717, 1.165) is 0 Å². The third-order valence-electron chi connectivity index (χ3n) is 5.08. The number of carboxylic acid groups (broad SMARTS) is 4. The first-order valence-electron chi connectivity index (χ1n) is 9.68. The van der Waals surface area contributed by atoms with Gasteiger partial charge >= 0.3 is 35.8 Å². The second-order valence-electron chi connectivity index (χ2n) is 7.60. The molecule has 0 amide bonds. The third kappa shape index (κ3) is 7.74. The Kier molecular flexibility index (Phi) is 11.0. The average Bonchev–Trinajstić information content (AvgIpc) is 2.67. The van der Waals surface area contributed by atoms with Crippen molar-refractivity contribution in [3.8, 4) is 0 Å². The SMILES string of the molecule is C=C(C)C(=O)OCCCC(CC(=O)O)(C(=O)O)C(CCOC(=O)C(=C)C)(CC(=O)O)C(=O)O. The minimum Gasteiger partial charge on any atom is -0.481 e. The predicted molar refractivity (Wildman–Crippen MR) is 110 cm³/mol. The van der Waals surface area contributed by atoms with Crippen molar-refractivity contribution in [1.82, 2.24) is 0 Å². The number of hydrogen-bond donors (Lipinski definition) is 4. The van der Waals surface area contributed by atoms with Gasteiger partial charge in [-0.2, -0.15) is 0 Å². The van der Waals surface area contributed by atoms with Crippen LogP contribution in [0.3, 0.4) is 0 Å². The van der Waals surface area contributed by atoms with Crippen molar-refractivity contribution in [3.63, 3.8) is 0 Å². The van der Waals surface area contributed by atoms with Crippen LogP contribution in [0, 0.1) is 10.8 Å². The Labute approximate surface area is 189 Å². The van der Waals surface area contributed by atoms with E-state index < -0.39 is 85.5 Å². The van der Waals surface area contributed by atoms with Gasteiger partial charge in [-0.05, 0) is 33.1 Å². The van der Waals surface area contributed by atoms with E-state index in [1.54, 1.807) is 0 Å². The molecule has 0 radical (unpaired) electrons. The summed E-state index contributed by atoms with van der Waals surface area (Å²) in [6.45, 7) is 8.28. The summed E-state index contributed by atoms with van der Waals surface area (Å²) >= 11 is 0. The second kappa shape index (κ2) is 12.4. The van der Waals surface area contributed by atoms with Gasteiger partial charge in [-0.1, -0.05) is 13.2 Å². The Morgan fingerprint density at radius 2 is 1.03 bits per heavy atom. The number of ether oxygens (including phenoxy) is 2. The van der Waals surface area contributed by atoms with Crippen molar-refractivity contribution in [2.45, 2.75) is 46.0 Å². The molecule has 0 aliphatic heterocycles. The fourth-order valence-corrected chi connectivity index (χ4v) is 3.39. The maximum absolute atomic E-state index is 12.4. The molecule has 0 aromatic rings. The van der Waals surface area contributed by atoms with E-state index in [4.69, 9.17) is 9.47 Å². The number of esters is 2. The Morgan fingerprint density at radius 3 is 1.36 bits per heavy atom. The summed E-state index contributed by atoms with van der Waals surface area (Å²) < 4.78 is 9.70. The van der Waals surface area contributed by atoms with Gasteiger partial charge in [0.1, 0.15) is 0 Å². The first-order valence-corrected chi connectivity index (χ1v) is 9.68. The molecular weight excluding hydrogens is 444 g/mol. The van der Waals surface area contributed by atoms with Crippen molar-refractivity contribution < 1.29 is 58.7 Å². The lowest BCUT2D eigenvalue weighted by atomic mass is 9.56. The topological polar surface area (TPSA) is 202 Å². The van der Waals surface area contributed by atoms with Crippen molar-refractivity contribution >= 4 is 35.8 Å². The summed E-state index contributed by atoms with van der Waals surface area (Å²) in [5.41, 5.74) is -5.32. The summed E-state index contributed by atoms with van der Waals surface area (Å²) in [5, 5.41) is 38.7. The fourth-order valence-electron chi connectivity index (χ4n) is 3.39. The van der Waals surface area contributed by atoms with E-state index in [2.05, 4.69) is 13.2 Å². The molecule has 0 saturated heterocycles. The summed E-state index contributed by atoms with van der Waals surface area (Å²) in [6.07, 6.45) is -4.27. The highest BCUT2D eigenvalue weighted by atomic mass is 16.5. The van der Waals surface area contributed by atoms with Crippen LogP contribution in [0.5, 0.6) is 0 Å². The normalized spacial score (nSPS) is 14.1. The van der Waals surface area contributed by atoms with Crippen LogP contribution in [0.25, 0.3) is 0 Å². The molecule has 0 saturated carbocycles. The van der Waals surface area contributed by atoms with Gasteiger partial charge in [-0.25, -0.2) is 9.59 Å². The van der Waals surface area contributed by atoms with Crippen LogP contribution in [0.4, 0.5) is 0 Å². The van der Waals surface area contributed by atoms with Crippen LogP contribution in [0.1, 0.15) is 46.0 Å². The third-order valence-corrected chi connectivity index (χ3v) is 5.08. The summed E-state index contributed by atoms with van der Waals surface area (Å²) in [4.78, 5) is 71.1. The van der Waals surface area contributed by atoms with E-state index in [-0.39, 0.29) is 17.6 Å². The van der Waals surface area contributed by atoms with Gasteiger partial charge in [0.05, 0.1) is 36.9 Å². The zero-order valence-electron chi connectivity index (χ0n) is 18.4. The standard InChI is InChI=1S/C21H28O12/c1-12(2)16(26)32-8-5-6-20(18(28)29,10-14(22)23)21(19(30)31,11-15(24)25)7-9-33-17(27)13(3)4/h1,3,5-11H2,2,4H3,(H,22,23)(H,24,25)(H,28,29)(H,30,31). The monoisotopic (exact) mass is 472 g/mol. The lowest BCUT2D eigenvalue weighted by Gasteiger charge is -2.43. The number of rotatable bonds is 16. The van der Waals surface area contributed by atoms with E-state index in [9.17, 15) is 49.2 Å². The van der Waals surface area contributed by atoms with Gasteiger partial charge < -0.3 is 29.9 Å². The molecule has 0 rings (SSSR count). The Morgan fingerprint density at radius 1 is 0.667 bits per heavy atom. The quantitative estimate of drug-likeness (QED) is 0.143. The van der Waals surface area contributed by atoms with E-state index >= 15 is 0 Å². The number of carboxylic acids is 4. The first kappa shape index (κ1) is 29.3. The molecule has 0 aromatic heterocycles. The van der Waals surface area contributed by atoms with Gasteiger partial charge in [0.25, 0.3) is 0 Å². The summed E-state index contributed by atoms with van der Waals surface area (Å²) in [6, 6.07) is 0. The molecule has 12 heteroatoms. The number of aliphatic carboxylic acids is 4. The van der Waals surface area contributed by atoms with Crippen LogP contribution >= 0.6 is 0 Å². The van der Waals surface area contributed by atoms with Gasteiger partial charge in [-0.3, -0.25) is 19.2 Å². The van der Waals surface area contributed by atoms with E-state index in [1.807, 2.05) is 0 Å². The molecule has 0 spiro atoms. The second-order valence-corrected chi connectivity index (χ2v) is 7.60. The molecule has 0 fully saturated rings. The van der Waals surface area contributed by atoms with Crippen molar-refractivity contribution in [3.05, 3.63) is 24.3 Å². The van der Waals surface area contributed by atoms with Gasteiger partial charge in [0.2, 0.25) is 0 Å². The zero-order valence-corrected chi connectivity index (χ0v) is 18.4. The molecule has 0 aliphatic carbocycles. The summed E-state index contributed by atoms with van der Waals surface area (Å²) in [7, 11) is 0. The summed E-state index contributed by atoms with van der Waals surface area (Å²) in [5.74, 6) is -8.86. The van der Waals surface area contributed by atoms with Crippen molar-refractivity contribution in [1.29, 1.82) is 0 Å². The van der Waals surface area contributed by atoms with Crippen LogP contribution in [-0.2, 0) is 38.2 Å². The lowest BCUT2D eigenvalue weighted by molar-refractivity contribution is -0.186. The molecule has 33 heavy (non-hydrogen) atoms. The van der Waals surface area contributed by atoms with Crippen LogP contribution in [0.2, 0.25) is 0 Å². The minimum atomic E-state index is -2.68. The molecule has 2 unspecified atom stereocenters. The molecule has 0 aromatic carbocycles. The smallest absolute Gasteiger partial charge is 0.333 e. The highest BCUT2D eigenvalue weighted by Gasteiger charge is 2.62. The molecule has 0 bridgehead atoms. The Bertz CT molecular complexity index is 842. The van der Waals surface area contributed by atoms with Gasteiger partial charge in [-0.15, -0.1) is 0 Å². The van der Waals surface area contributed by atoms with Crippen LogP contribution < -0.4 is 0 Å². The van der Waals surface area contributed by atoms with Crippen LogP contribution in [-0.4, -0.2) is 69.5 Å². The largest absolute Gasteiger partial charge is 0.481 e. The predicted octanol–water partition coefficient (Wildman–Crippen LogP) is 1.49. The fraction of sp³-hybridized carbons (Fsp3) is 0.524. The molecule has 12 nitrogen and oxygen atoms in total. The van der Waals surface area contributed by atoms with Gasteiger partial charge in [0, 0.05) is 11.1 Å². The lowest BCUT2D eigenvalue weighted by Crippen LogP contribution is -2.55. The number of carbonyl (C=O) groups excluding carboxylic acids is 2. The number of carbonyl (C=O) groups is 6. The molecular formula is C21H28O12. The zero-order chi connectivity index (χ0) is 26.0. The minimum absolute atomic E-state index is 0.0384. The van der Waals surface area contributed by atoms with E-state index in [0.29, 0.717) is 0 Å². The Hall–Kier alpha value is -3.70. The van der Waals surface area contributed by atoms with Gasteiger partial charge in [0.15, 0.2) is 0 Å². The average molecular weight is 472 g/mol. The molecule has 4 N–H and O–H groups in total. The maximum Gasteiger partial charge on any atom is 0.333 e. The van der Waals surface area contributed by atoms with E-state index in [1.165, 1.54) is 13.8 Å².